The summed E-state index contributed by atoms with van der Waals surface area (Å²) in [7, 11) is 0. The Balaban J connectivity index is 1.53. The maximum Gasteiger partial charge on any atom is 0.224 e. The van der Waals surface area contributed by atoms with Crippen LogP contribution in [0.25, 0.3) is 0 Å². The van der Waals surface area contributed by atoms with Crippen molar-refractivity contribution >= 4 is 17.2 Å². The zero-order valence-electron chi connectivity index (χ0n) is 10.5. The molecule has 4 nitrogen and oxygen atoms in total. The Hall–Kier alpha value is -1.75. The van der Waals surface area contributed by atoms with Crippen LogP contribution < -0.4 is 5.32 Å². The summed E-state index contributed by atoms with van der Waals surface area (Å²) in [4.78, 5) is 20.2. The smallest absolute Gasteiger partial charge is 0.224 e. The number of hydrogen-bond donors (Lipinski definition) is 1. The fourth-order valence-corrected chi connectivity index (χ4v) is 2.61. The molecular weight excluding hydrogens is 258 g/mol. The van der Waals surface area contributed by atoms with Crippen LogP contribution in [0.3, 0.4) is 0 Å². The van der Waals surface area contributed by atoms with Crippen LogP contribution in [0.5, 0.6) is 0 Å². The molecule has 0 saturated heterocycles. The van der Waals surface area contributed by atoms with Crippen LogP contribution in [0.1, 0.15) is 35.7 Å². The molecular formula is C14H15N3OS. The lowest BCUT2D eigenvalue weighted by Gasteiger charge is -2.05. The molecule has 98 valence electrons. The van der Waals surface area contributed by atoms with E-state index in [2.05, 4.69) is 15.3 Å². The first kappa shape index (κ1) is 12.3. The molecule has 1 N–H and O–H groups in total. The van der Waals surface area contributed by atoms with Crippen LogP contribution in [-0.2, 0) is 17.8 Å². The minimum atomic E-state index is 0.0324. The summed E-state index contributed by atoms with van der Waals surface area (Å²) in [5.74, 6) is 0.647. The van der Waals surface area contributed by atoms with Gasteiger partial charge in [-0.15, -0.1) is 0 Å². The standard InChI is InChI=1S/C14H15N3OS/c18-14(5-10-3-4-19-8-10)15-7-12-6-13(11-1-2-11)17-9-16-12/h3-4,6,8-9,11H,1-2,5,7H2,(H,15,18). The number of carbonyl (C=O) groups excluding carboxylic acids is 1. The lowest BCUT2D eigenvalue weighted by molar-refractivity contribution is -0.120. The van der Waals surface area contributed by atoms with Crippen molar-refractivity contribution in [2.75, 3.05) is 0 Å². The van der Waals surface area contributed by atoms with Gasteiger partial charge in [0.15, 0.2) is 0 Å². The zero-order chi connectivity index (χ0) is 13.1. The molecule has 1 amide bonds. The lowest BCUT2D eigenvalue weighted by atomic mass is 10.2. The van der Waals surface area contributed by atoms with E-state index < -0.39 is 0 Å². The highest BCUT2D eigenvalue weighted by molar-refractivity contribution is 7.07. The highest BCUT2D eigenvalue weighted by atomic mass is 32.1. The van der Waals surface area contributed by atoms with Crippen molar-refractivity contribution in [1.29, 1.82) is 0 Å². The van der Waals surface area contributed by atoms with Gasteiger partial charge in [-0.3, -0.25) is 4.79 Å². The summed E-state index contributed by atoms with van der Waals surface area (Å²) < 4.78 is 0. The molecule has 2 aromatic heterocycles. The SMILES string of the molecule is O=C(Cc1ccsc1)NCc1cc(C2CC2)ncn1. The van der Waals surface area contributed by atoms with Gasteiger partial charge in [-0.25, -0.2) is 9.97 Å². The molecule has 0 spiro atoms. The summed E-state index contributed by atoms with van der Waals surface area (Å²) in [6, 6.07) is 3.97. The Bertz CT molecular complexity index is 564. The Morgan fingerprint density at radius 1 is 1.42 bits per heavy atom. The third-order valence-corrected chi connectivity index (χ3v) is 3.88. The third kappa shape index (κ3) is 3.38. The average molecular weight is 273 g/mol. The summed E-state index contributed by atoms with van der Waals surface area (Å²) in [6.45, 7) is 0.477. The number of rotatable bonds is 5. The van der Waals surface area contributed by atoms with Gasteiger partial charge in [0.2, 0.25) is 5.91 Å². The summed E-state index contributed by atoms with van der Waals surface area (Å²) in [5.41, 5.74) is 3.05. The number of aromatic nitrogens is 2. The van der Waals surface area contributed by atoms with Crippen LogP contribution in [0.4, 0.5) is 0 Å². The van der Waals surface area contributed by atoms with E-state index in [1.165, 1.54) is 12.8 Å². The largest absolute Gasteiger partial charge is 0.350 e. The summed E-state index contributed by atoms with van der Waals surface area (Å²) in [6.07, 6.45) is 4.47. The van der Waals surface area contributed by atoms with Crippen LogP contribution in [0.15, 0.2) is 29.2 Å². The van der Waals surface area contributed by atoms with E-state index in [9.17, 15) is 4.79 Å². The van der Waals surface area contributed by atoms with E-state index >= 15 is 0 Å². The molecule has 0 aromatic carbocycles. The molecule has 0 bridgehead atoms. The van der Waals surface area contributed by atoms with Crippen LogP contribution in [-0.4, -0.2) is 15.9 Å². The maximum atomic E-state index is 11.8. The number of thiophene rings is 1. The topological polar surface area (TPSA) is 54.9 Å². The van der Waals surface area contributed by atoms with Crippen LogP contribution in [0.2, 0.25) is 0 Å². The van der Waals surface area contributed by atoms with E-state index in [0.717, 1.165) is 17.0 Å². The molecule has 2 heterocycles. The predicted molar refractivity (Wildman–Crippen MR) is 73.9 cm³/mol. The van der Waals surface area contributed by atoms with Gasteiger partial charge in [-0.2, -0.15) is 11.3 Å². The molecule has 3 rings (SSSR count). The van der Waals surface area contributed by atoms with Gasteiger partial charge in [0.25, 0.3) is 0 Å². The first-order valence-corrected chi connectivity index (χ1v) is 7.34. The minimum Gasteiger partial charge on any atom is -0.350 e. The average Bonchev–Trinajstić information content (AvgIpc) is 3.16. The summed E-state index contributed by atoms with van der Waals surface area (Å²) >= 11 is 1.61. The second kappa shape index (κ2) is 5.48. The highest BCUT2D eigenvalue weighted by Crippen LogP contribution is 2.38. The number of nitrogens with zero attached hydrogens (tertiary/aromatic N) is 2. The van der Waals surface area contributed by atoms with Gasteiger partial charge in [-0.1, -0.05) is 0 Å². The first-order valence-electron chi connectivity index (χ1n) is 6.40. The molecule has 5 heteroatoms. The van der Waals surface area contributed by atoms with Crippen molar-refractivity contribution in [1.82, 2.24) is 15.3 Å². The Morgan fingerprint density at radius 3 is 3.05 bits per heavy atom. The summed E-state index contributed by atoms with van der Waals surface area (Å²) in [5, 5.41) is 6.88. The third-order valence-electron chi connectivity index (χ3n) is 3.15. The maximum absolute atomic E-state index is 11.8. The van der Waals surface area contributed by atoms with E-state index in [4.69, 9.17) is 0 Å². The first-order chi connectivity index (χ1) is 9.31. The van der Waals surface area contributed by atoms with Gasteiger partial charge < -0.3 is 5.32 Å². The highest BCUT2D eigenvalue weighted by Gasteiger charge is 2.25. The van der Waals surface area contributed by atoms with Gasteiger partial charge >= 0.3 is 0 Å². The van der Waals surface area contributed by atoms with Crippen molar-refractivity contribution < 1.29 is 4.79 Å². The molecule has 2 aromatic rings. The van der Waals surface area contributed by atoms with Crippen molar-refractivity contribution in [3.8, 4) is 0 Å². The zero-order valence-corrected chi connectivity index (χ0v) is 11.3. The molecule has 1 fully saturated rings. The fraction of sp³-hybridized carbons (Fsp3) is 0.357. The quantitative estimate of drug-likeness (QED) is 0.909. The Labute approximate surface area is 115 Å². The lowest BCUT2D eigenvalue weighted by Crippen LogP contribution is -2.24. The van der Waals surface area contributed by atoms with Crippen molar-refractivity contribution in [2.45, 2.75) is 31.7 Å². The molecule has 1 aliphatic carbocycles. The molecule has 0 atom stereocenters. The molecule has 19 heavy (non-hydrogen) atoms. The van der Waals surface area contributed by atoms with Crippen molar-refractivity contribution in [3.05, 3.63) is 46.2 Å². The molecule has 0 unspecified atom stereocenters. The minimum absolute atomic E-state index is 0.0324. The monoisotopic (exact) mass is 273 g/mol. The van der Waals surface area contributed by atoms with Crippen molar-refractivity contribution in [2.24, 2.45) is 0 Å². The fourth-order valence-electron chi connectivity index (χ4n) is 1.94. The van der Waals surface area contributed by atoms with E-state index in [1.807, 2.05) is 22.9 Å². The Morgan fingerprint density at radius 2 is 2.32 bits per heavy atom. The van der Waals surface area contributed by atoms with E-state index in [-0.39, 0.29) is 5.91 Å². The molecule has 1 aliphatic rings. The van der Waals surface area contributed by atoms with E-state index in [1.54, 1.807) is 17.7 Å². The molecule has 0 radical (unpaired) electrons. The van der Waals surface area contributed by atoms with Crippen LogP contribution in [0, 0.1) is 0 Å². The number of carbonyl (C=O) groups is 1. The normalized spacial score (nSPS) is 14.3. The Kier molecular flexibility index (Phi) is 3.55. The second-order valence-corrected chi connectivity index (χ2v) is 5.57. The predicted octanol–water partition coefficient (Wildman–Crippen LogP) is 2.27. The van der Waals surface area contributed by atoms with Gasteiger partial charge in [0.05, 0.1) is 18.7 Å². The van der Waals surface area contributed by atoms with Gasteiger partial charge in [-0.05, 0) is 41.3 Å². The van der Waals surface area contributed by atoms with Gasteiger partial charge in [0.1, 0.15) is 6.33 Å². The number of amides is 1. The van der Waals surface area contributed by atoms with E-state index in [0.29, 0.717) is 18.9 Å². The molecule has 1 saturated carbocycles. The number of nitrogens with one attached hydrogen (secondary N) is 1. The number of hydrogen-bond acceptors (Lipinski definition) is 4. The second-order valence-electron chi connectivity index (χ2n) is 4.79. The molecule has 0 aliphatic heterocycles. The van der Waals surface area contributed by atoms with Crippen molar-refractivity contribution in [3.63, 3.8) is 0 Å². The van der Waals surface area contributed by atoms with Crippen LogP contribution >= 0.6 is 11.3 Å². The van der Waals surface area contributed by atoms with Gasteiger partial charge in [0, 0.05) is 11.6 Å².